The molecular weight excluding hydrogens is 350 g/mol. The SMILES string of the molecule is COc1cccc(/C=C/C(=O)OCc2cc3ccc(C)cc3nc2Cl)c1. The van der Waals surface area contributed by atoms with Crippen molar-refractivity contribution in [1.29, 1.82) is 0 Å². The van der Waals surface area contributed by atoms with Crippen molar-refractivity contribution in [2.75, 3.05) is 7.11 Å². The monoisotopic (exact) mass is 367 g/mol. The lowest BCUT2D eigenvalue weighted by Crippen LogP contribution is -2.02. The number of aromatic nitrogens is 1. The number of pyridine rings is 1. The van der Waals surface area contributed by atoms with E-state index in [1.54, 1.807) is 13.2 Å². The van der Waals surface area contributed by atoms with Gasteiger partial charge in [-0.1, -0.05) is 35.9 Å². The summed E-state index contributed by atoms with van der Waals surface area (Å²) in [5.74, 6) is 0.276. The number of carbonyl (C=O) groups is 1. The minimum absolute atomic E-state index is 0.0664. The summed E-state index contributed by atoms with van der Waals surface area (Å²) in [6.45, 7) is 2.07. The fraction of sp³-hybridized carbons (Fsp3) is 0.143. The molecule has 3 rings (SSSR count). The number of hydrogen-bond acceptors (Lipinski definition) is 4. The number of hydrogen-bond donors (Lipinski definition) is 0. The standard InChI is InChI=1S/C21H18ClNO3/c1-14-6-8-16-12-17(21(22)23-19(16)10-14)13-26-20(24)9-7-15-4-3-5-18(11-15)25-2/h3-12H,13H2,1-2H3/b9-7+. The van der Waals surface area contributed by atoms with E-state index >= 15 is 0 Å². The molecule has 0 radical (unpaired) electrons. The first kappa shape index (κ1) is 18.0. The van der Waals surface area contributed by atoms with Gasteiger partial charge in [-0.15, -0.1) is 0 Å². The normalized spacial score (nSPS) is 11.0. The first-order valence-corrected chi connectivity index (χ1v) is 8.47. The zero-order valence-electron chi connectivity index (χ0n) is 14.5. The van der Waals surface area contributed by atoms with Crippen LogP contribution in [0.25, 0.3) is 17.0 Å². The van der Waals surface area contributed by atoms with Gasteiger partial charge in [-0.2, -0.15) is 0 Å². The summed E-state index contributed by atoms with van der Waals surface area (Å²) in [7, 11) is 1.60. The Morgan fingerprint density at radius 1 is 1.19 bits per heavy atom. The first-order valence-electron chi connectivity index (χ1n) is 8.10. The molecule has 0 aliphatic rings. The molecule has 4 nitrogen and oxygen atoms in total. The molecule has 2 aromatic carbocycles. The van der Waals surface area contributed by atoms with Crippen LogP contribution < -0.4 is 4.74 Å². The average molecular weight is 368 g/mol. The molecule has 5 heteroatoms. The van der Waals surface area contributed by atoms with Crippen LogP contribution in [0.2, 0.25) is 5.15 Å². The average Bonchev–Trinajstić information content (AvgIpc) is 2.65. The highest BCUT2D eigenvalue weighted by atomic mass is 35.5. The second-order valence-electron chi connectivity index (χ2n) is 5.85. The van der Waals surface area contributed by atoms with E-state index in [2.05, 4.69) is 4.98 Å². The molecular formula is C21H18ClNO3. The quantitative estimate of drug-likeness (QED) is 0.363. The van der Waals surface area contributed by atoms with E-state index < -0.39 is 5.97 Å². The molecule has 132 valence electrons. The van der Waals surface area contributed by atoms with Gasteiger partial charge in [-0.25, -0.2) is 9.78 Å². The minimum atomic E-state index is -0.451. The predicted octanol–water partition coefficient (Wildman–Crippen LogP) is 4.96. The van der Waals surface area contributed by atoms with Gasteiger partial charge in [0.2, 0.25) is 0 Å². The molecule has 0 saturated heterocycles. The summed E-state index contributed by atoms with van der Waals surface area (Å²) in [5, 5.41) is 1.30. The lowest BCUT2D eigenvalue weighted by atomic mass is 10.1. The fourth-order valence-corrected chi connectivity index (χ4v) is 2.71. The molecule has 0 spiro atoms. The van der Waals surface area contributed by atoms with Gasteiger partial charge < -0.3 is 9.47 Å². The van der Waals surface area contributed by atoms with Gasteiger partial charge in [0.15, 0.2) is 0 Å². The van der Waals surface area contributed by atoms with Crippen molar-refractivity contribution in [3.63, 3.8) is 0 Å². The highest BCUT2D eigenvalue weighted by Gasteiger charge is 2.07. The number of aryl methyl sites for hydroxylation is 1. The van der Waals surface area contributed by atoms with Gasteiger partial charge in [-0.3, -0.25) is 0 Å². The van der Waals surface area contributed by atoms with Crippen molar-refractivity contribution in [1.82, 2.24) is 4.98 Å². The highest BCUT2D eigenvalue weighted by Crippen LogP contribution is 2.22. The zero-order valence-corrected chi connectivity index (χ0v) is 15.3. The third-order valence-corrected chi connectivity index (χ3v) is 4.20. The molecule has 0 fully saturated rings. The van der Waals surface area contributed by atoms with Crippen molar-refractivity contribution in [3.05, 3.63) is 76.5 Å². The van der Waals surface area contributed by atoms with Crippen LogP contribution >= 0.6 is 11.6 Å². The molecule has 0 saturated carbocycles. The number of fused-ring (bicyclic) bond motifs is 1. The van der Waals surface area contributed by atoms with E-state index in [9.17, 15) is 4.79 Å². The second kappa shape index (κ2) is 8.02. The lowest BCUT2D eigenvalue weighted by molar-refractivity contribution is -0.138. The number of ether oxygens (including phenoxy) is 2. The van der Waals surface area contributed by atoms with Gasteiger partial charge in [-0.05, 0) is 48.4 Å². The summed E-state index contributed by atoms with van der Waals surface area (Å²) in [6, 6.07) is 15.2. The molecule has 0 aliphatic carbocycles. The van der Waals surface area contributed by atoms with Crippen LogP contribution in [0.4, 0.5) is 0 Å². The number of methoxy groups -OCH3 is 1. The summed E-state index contributed by atoms with van der Waals surface area (Å²) in [4.78, 5) is 16.3. The highest BCUT2D eigenvalue weighted by molar-refractivity contribution is 6.30. The summed E-state index contributed by atoms with van der Waals surface area (Å²) < 4.78 is 10.4. The molecule has 3 aromatic rings. The van der Waals surface area contributed by atoms with Crippen LogP contribution in [0.1, 0.15) is 16.7 Å². The van der Waals surface area contributed by atoms with E-state index in [-0.39, 0.29) is 6.61 Å². The second-order valence-corrected chi connectivity index (χ2v) is 6.21. The van der Waals surface area contributed by atoms with Gasteiger partial charge in [0.05, 0.1) is 12.6 Å². The molecule has 0 unspecified atom stereocenters. The van der Waals surface area contributed by atoms with Crippen molar-refractivity contribution < 1.29 is 14.3 Å². The van der Waals surface area contributed by atoms with Crippen LogP contribution in [0, 0.1) is 6.92 Å². The number of benzene rings is 2. The largest absolute Gasteiger partial charge is 0.497 e. The maximum atomic E-state index is 12.0. The Bertz CT molecular complexity index is 982. The van der Waals surface area contributed by atoms with E-state index in [0.29, 0.717) is 10.7 Å². The Hall–Kier alpha value is -2.85. The van der Waals surface area contributed by atoms with Crippen LogP contribution in [-0.4, -0.2) is 18.1 Å². The predicted molar refractivity (Wildman–Crippen MR) is 103 cm³/mol. The molecule has 0 aliphatic heterocycles. The number of halogens is 1. The van der Waals surface area contributed by atoms with Crippen molar-refractivity contribution in [2.45, 2.75) is 13.5 Å². The third-order valence-electron chi connectivity index (χ3n) is 3.87. The Balaban J connectivity index is 1.67. The van der Waals surface area contributed by atoms with Gasteiger partial charge >= 0.3 is 5.97 Å². The minimum Gasteiger partial charge on any atom is -0.497 e. The fourth-order valence-electron chi connectivity index (χ4n) is 2.51. The Morgan fingerprint density at radius 2 is 2.04 bits per heavy atom. The molecule has 0 amide bonds. The van der Waals surface area contributed by atoms with Gasteiger partial charge in [0.25, 0.3) is 0 Å². The maximum absolute atomic E-state index is 12.0. The van der Waals surface area contributed by atoms with Crippen molar-refractivity contribution >= 4 is 34.5 Å². The maximum Gasteiger partial charge on any atom is 0.331 e. The Labute approximate surface area is 157 Å². The molecule has 1 aromatic heterocycles. The zero-order chi connectivity index (χ0) is 18.5. The van der Waals surface area contributed by atoms with E-state index in [0.717, 1.165) is 27.8 Å². The summed E-state index contributed by atoms with van der Waals surface area (Å²) in [5.41, 5.74) is 3.46. The molecule has 1 heterocycles. The van der Waals surface area contributed by atoms with E-state index in [1.807, 2.05) is 55.5 Å². The number of esters is 1. The molecule has 26 heavy (non-hydrogen) atoms. The van der Waals surface area contributed by atoms with Crippen molar-refractivity contribution in [2.24, 2.45) is 0 Å². The molecule has 0 atom stereocenters. The van der Waals surface area contributed by atoms with Crippen molar-refractivity contribution in [3.8, 4) is 5.75 Å². The Kier molecular flexibility index (Phi) is 5.54. The molecule has 0 bridgehead atoms. The lowest BCUT2D eigenvalue weighted by Gasteiger charge is -2.07. The first-order chi connectivity index (χ1) is 12.5. The third kappa shape index (κ3) is 4.41. The van der Waals surface area contributed by atoms with Gasteiger partial charge in [0.1, 0.15) is 17.5 Å². The van der Waals surface area contributed by atoms with Crippen LogP contribution in [-0.2, 0) is 16.1 Å². The smallest absolute Gasteiger partial charge is 0.331 e. The number of carbonyl (C=O) groups excluding carboxylic acids is 1. The van der Waals surface area contributed by atoms with Gasteiger partial charge in [0, 0.05) is 17.0 Å². The van der Waals surface area contributed by atoms with E-state index in [1.165, 1.54) is 6.08 Å². The topological polar surface area (TPSA) is 48.4 Å². The molecule has 0 N–H and O–H groups in total. The summed E-state index contributed by atoms with van der Waals surface area (Å²) in [6.07, 6.45) is 3.05. The summed E-state index contributed by atoms with van der Waals surface area (Å²) >= 11 is 6.21. The van der Waals surface area contributed by atoms with Crippen LogP contribution in [0.3, 0.4) is 0 Å². The Morgan fingerprint density at radius 3 is 2.85 bits per heavy atom. The van der Waals surface area contributed by atoms with Crippen LogP contribution in [0.15, 0.2) is 54.6 Å². The number of nitrogens with zero attached hydrogens (tertiary/aromatic N) is 1. The number of rotatable bonds is 5. The van der Waals surface area contributed by atoms with E-state index in [4.69, 9.17) is 21.1 Å². The van der Waals surface area contributed by atoms with Crippen LogP contribution in [0.5, 0.6) is 5.75 Å².